The molecule has 18 heavy (non-hydrogen) atoms. The monoisotopic (exact) mass is 245 g/mol. The molecule has 0 saturated heterocycles. The van der Waals surface area contributed by atoms with E-state index in [1.807, 2.05) is 37.3 Å². The predicted molar refractivity (Wildman–Crippen MR) is 66.6 cm³/mol. The molecule has 2 heterocycles. The molecule has 1 N–H and O–H groups in total. The van der Waals surface area contributed by atoms with E-state index in [1.54, 1.807) is 0 Å². The van der Waals surface area contributed by atoms with Gasteiger partial charge in [-0.05, 0) is 25.1 Å². The van der Waals surface area contributed by atoms with Crippen molar-refractivity contribution in [3.63, 3.8) is 0 Å². The number of hydrogen-bond donors (Lipinski definition) is 1. The van der Waals surface area contributed by atoms with Crippen molar-refractivity contribution in [3.8, 4) is 11.5 Å². The number of benzene rings is 1. The maximum atomic E-state index is 5.50. The molecule has 4 heteroatoms. The highest BCUT2D eigenvalue weighted by molar-refractivity contribution is 5.48. The summed E-state index contributed by atoms with van der Waals surface area (Å²) in [6, 6.07) is 9.88. The maximum absolute atomic E-state index is 5.50. The van der Waals surface area contributed by atoms with Crippen molar-refractivity contribution in [3.05, 3.63) is 47.4 Å². The third-order valence-electron chi connectivity index (χ3n) is 2.89. The summed E-state index contributed by atoms with van der Waals surface area (Å²) in [6.45, 7) is 3.69. The van der Waals surface area contributed by atoms with Crippen molar-refractivity contribution < 1.29 is 13.9 Å². The largest absolute Gasteiger partial charge is 0.465 e. The van der Waals surface area contributed by atoms with Crippen LogP contribution in [-0.2, 0) is 13.1 Å². The van der Waals surface area contributed by atoms with E-state index < -0.39 is 0 Å². The van der Waals surface area contributed by atoms with Gasteiger partial charge in [-0.2, -0.15) is 0 Å². The van der Waals surface area contributed by atoms with E-state index >= 15 is 0 Å². The molecule has 0 amide bonds. The first-order valence-electron chi connectivity index (χ1n) is 5.96. The summed E-state index contributed by atoms with van der Waals surface area (Å²) >= 11 is 0. The molecular formula is C14H15NO3. The lowest BCUT2D eigenvalue weighted by Crippen LogP contribution is -2.12. The maximum Gasteiger partial charge on any atom is 0.231 e. The number of aryl methyl sites for hydroxylation is 1. The van der Waals surface area contributed by atoms with Crippen molar-refractivity contribution in [2.75, 3.05) is 6.79 Å². The van der Waals surface area contributed by atoms with Gasteiger partial charge in [0.2, 0.25) is 6.79 Å². The summed E-state index contributed by atoms with van der Waals surface area (Å²) in [5.74, 6) is 3.55. The topological polar surface area (TPSA) is 43.6 Å². The van der Waals surface area contributed by atoms with E-state index in [0.29, 0.717) is 13.3 Å². The molecule has 1 aliphatic rings. The van der Waals surface area contributed by atoms with Crippen LogP contribution in [0.4, 0.5) is 0 Å². The van der Waals surface area contributed by atoms with Crippen molar-refractivity contribution >= 4 is 0 Å². The standard InChI is InChI=1S/C14H15NO3/c1-10-5-6-12(18-10)8-15-7-11-3-2-4-13-14(11)17-9-16-13/h2-6,15H,7-9H2,1H3. The fourth-order valence-corrected chi connectivity index (χ4v) is 2.03. The van der Waals surface area contributed by atoms with E-state index in [1.165, 1.54) is 0 Å². The minimum absolute atomic E-state index is 0.309. The van der Waals surface area contributed by atoms with Gasteiger partial charge in [-0.3, -0.25) is 0 Å². The van der Waals surface area contributed by atoms with Crippen LogP contribution in [0.5, 0.6) is 11.5 Å². The predicted octanol–water partition coefficient (Wildman–Crippen LogP) is 2.61. The van der Waals surface area contributed by atoms with Crippen LogP contribution in [0.1, 0.15) is 17.1 Å². The molecule has 2 aromatic rings. The molecule has 0 spiro atoms. The molecule has 0 unspecified atom stereocenters. The quantitative estimate of drug-likeness (QED) is 0.899. The average molecular weight is 245 g/mol. The number of para-hydroxylation sites is 1. The van der Waals surface area contributed by atoms with E-state index in [9.17, 15) is 0 Å². The highest BCUT2D eigenvalue weighted by Crippen LogP contribution is 2.35. The summed E-state index contributed by atoms with van der Waals surface area (Å²) in [5.41, 5.74) is 1.10. The molecule has 0 bridgehead atoms. The number of fused-ring (bicyclic) bond motifs is 1. The van der Waals surface area contributed by atoms with Crippen LogP contribution in [-0.4, -0.2) is 6.79 Å². The Hall–Kier alpha value is -1.94. The van der Waals surface area contributed by atoms with Gasteiger partial charge in [0.25, 0.3) is 0 Å². The van der Waals surface area contributed by atoms with Crippen LogP contribution in [0.2, 0.25) is 0 Å². The van der Waals surface area contributed by atoms with Gasteiger partial charge < -0.3 is 19.2 Å². The molecule has 0 atom stereocenters. The van der Waals surface area contributed by atoms with Crippen LogP contribution < -0.4 is 14.8 Å². The van der Waals surface area contributed by atoms with Crippen molar-refractivity contribution in [2.24, 2.45) is 0 Å². The fraction of sp³-hybridized carbons (Fsp3) is 0.286. The van der Waals surface area contributed by atoms with E-state index in [2.05, 4.69) is 5.32 Å². The third-order valence-corrected chi connectivity index (χ3v) is 2.89. The van der Waals surface area contributed by atoms with Gasteiger partial charge in [-0.25, -0.2) is 0 Å². The number of hydrogen-bond acceptors (Lipinski definition) is 4. The van der Waals surface area contributed by atoms with Crippen LogP contribution in [0.3, 0.4) is 0 Å². The van der Waals surface area contributed by atoms with Crippen molar-refractivity contribution in [1.29, 1.82) is 0 Å². The first kappa shape index (κ1) is 11.2. The first-order valence-corrected chi connectivity index (χ1v) is 5.96. The number of furan rings is 1. The Labute approximate surface area is 106 Å². The summed E-state index contributed by atoms with van der Waals surface area (Å²) in [4.78, 5) is 0. The Bertz CT molecular complexity index is 548. The van der Waals surface area contributed by atoms with Gasteiger partial charge in [0.1, 0.15) is 11.5 Å². The fourth-order valence-electron chi connectivity index (χ4n) is 2.03. The first-order chi connectivity index (χ1) is 8.83. The van der Waals surface area contributed by atoms with E-state index in [0.717, 1.165) is 35.1 Å². The molecular weight excluding hydrogens is 230 g/mol. The highest BCUT2D eigenvalue weighted by atomic mass is 16.7. The Morgan fingerprint density at radius 2 is 2.06 bits per heavy atom. The Morgan fingerprint density at radius 1 is 1.11 bits per heavy atom. The molecule has 1 aromatic carbocycles. The van der Waals surface area contributed by atoms with Gasteiger partial charge in [-0.15, -0.1) is 0 Å². The molecule has 0 fully saturated rings. The molecule has 3 rings (SSSR count). The highest BCUT2D eigenvalue weighted by Gasteiger charge is 2.16. The Morgan fingerprint density at radius 3 is 2.89 bits per heavy atom. The van der Waals surface area contributed by atoms with Gasteiger partial charge >= 0.3 is 0 Å². The number of rotatable bonds is 4. The van der Waals surface area contributed by atoms with E-state index in [4.69, 9.17) is 13.9 Å². The van der Waals surface area contributed by atoms with Crippen molar-refractivity contribution in [2.45, 2.75) is 20.0 Å². The summed E-state index contributed by atoms with van der Waals surface area (Å²) < 4.78 is 16.3. The van der Waals surface area contributed by atoms with Gasteiger partial charge in [0.15, 0.2) is 11.5 Å². The summed E-state index contributed by atoms with van der Waals surface area (Å²) in [5, 5.41) is 3.33. The zero-order valence-electron chi connectivity index (χ0n) is 10.2. The van der Waals surface area contributed by atoms with Crippen LogP contribution in [0.25, 0.3) is 0 Å². The van der Waals surface area contributed by atoms with Crippen LogP contribution >= 0.6 is 0 Å². The molecule has 4 nitrogen and oxygen atoms in total. The average Bonchev–Trinajstić information content (AvgIpc) is 2.98. The Kier molecular flexibility index (Phi) is 2.94. The lowest BCUT2D eigenvalue weighted by molar-refractivity contribution is 0.173. The molecule has 0 aliphatic carbocycles. The van der Waals surface area contributed by atoms with Crippen LogP contribution in [0, 0.1) is 6.92 Å². The smallest absolute Gasteiger partial charge is 0.231 e. The Balaban J connectivity index is 1.62. The van der Waals surface area contributed by atoms with Gasteiger partial charge in [-0.1, -0.05) is 12.1 Å². The SMILES string of the molecule is Cc1ccc(CNCc2cccc3c2OCO3)o1. The molecule has 0 saturated carbocycles. The molecule has 0 radical (unpaired) electrons. The lowest BCUT2D eigenvalue weighted by atomic mass is 10.2. The zero-order valence-corrected chi connectivity index (χ0v) is 10.2. The van der Waals surface area contributed by atoms with Gasteiger partial charge in [0, 0.05) is 12.1 Å². The number of nitrogens with one attached hydrogen (secondary N) is 1. The second-order valence-electron chi connectivity index (χ2n) is 4.27. The third kappa shape index (κ3) is 2.19. The van der Waals surface area contributed by atoms with E-state index in [-0.39, 0.29) is 0 Å². The normalized spacial score (nSPS) is 12.9. The van der Waals surface area contributed by atoms with Crippen LogP contribution in [0.15, 0.2) is 34.7 Å². The van der Waals surface area contributed by atoms with Crippen molar-refractivity contribution in [1.82, 2.24) is 5.32 Å². The molecule has 1 aromatic heterocycles. The number of ether oxygens (including phenoxy) is 2. The summed E-state index contributed by atoms with van der Waals surface area (Å²) in [7, 11) is 0. The zero-order chi connectivity index (χ0) is 12.4. The molecule has 94 valence electrons. The minimum Gasteiger partial charge on any atom is -0.465 e. The second-order valence-corrected chi connectivity index (χ2v) is 4.27. The lowest BCUT2D eigenvalue weighted by Gasteiger charge is -2.06. The molecule has 1 aliphatic heterocycles. The minimum atomic E-state index is 0.309. The second kappa shape index (κ2) is 4.74. The summed E-state index contributed by atoms with van der Waals surface area (Å²) in [6.07, 6.45) is 0. The van der Waals surface area contributed by atoms with Gasteiger partial charge in [0.05, 0.1) is 6.54 Å².